The van der Waals surface area contributed by atoms with Crippen LogP contribution in [0.1, 0.15) is 33.6 Å². The summed E-state index contributed by atoms with van der Waals surface area (Å²) in [6.07, 6.45) is 0.577. The number of rotatable bonds is 3. The Morgan fingerprint density at radius 3 is 2.11 bits per heavy atom. The van der Waals surface area contributed by atoms with Crippen molar-refractivity contribution in [3.63, 3.8) is 0 Å². The molecule has 0 bridgehead atoms. The van der Waals surface area contributed by atoms with Gasteiger partial charge in [-0.1, -0.05) is 13.3 Å². The van der Waals surface area contributed by atoms with Gasteiger partial charge in [0.2, 0.25) is 0 Å². The summed E-state index contributed by atoms with van der Waals surface area (Å²) in [6, 6.07) is 0. The first-order chi connectivity index (χ1) is 3.98. The van der Waals surface area contributed by atoms with Crippen molar-refractivity contribution in [1.29, 1.82) is 0 Å². The zero-order chi connectivity index (χ0) is 7.49. The Labute approximate surface area is 56.4 Å². The fraction of sp³-hybridized carbons (Fsp3) is 1.00. The maximum absolute atomic E-state index is 12.8. The second-order valence-corrected chi connectivity index (χ2v) is 3.08. The van der Waals surface area contributed by atoms with E-state index in [1.165, 1.54) is 0 Å². The molecule has 0 aliphatic heterocycles. The van der Waals surface area contributed by atoms with Crippen molar-refractivity contribution in [2.45, 2.75) is 45.3 Å². The van der Waals surface area contributed by atoms with Crippen LogP contribution in [0.15, 0.2) is 0 Å². The molecule has 0 amide bonds. The predicted molar refractivity (Wildman–Crippen MR) is 38.1 cm³/mol. The van der Waals surface area contributed by atoms with E-state index in [2.05, 4.69) is 0 Å². The van der Waals surface area contributed by atoms with Crippen molar-refractivity contribution < 1.29 is 4.39 Å². The van der Waals surface area contributed by atoms with E-state index >= 15 is 0 Å². The van der Waals surface area contributed by atoms with Gasteiger partial charge in [0.25, 0.3) is 0 Å². The van der Waals surface area contributed by atoms with Crippen molar-refractivity contribution in [3.8, 4) is 0 Å². The van der Waals surface area contributed by atoms with E-state index in [0.717, 1.165) is 6.42 Å². The first kappa shape index (κ1) is 8.89. The fourth-order valence-electron chi connectivity index (χ4n) is 0.625. The van der Waals surface area contributed by atoms with Gasteiger partial charge in [-0.25, -0.2) is 4.39 Å². The molecule has 0 spiro atoms. The highest BCUT2D eigenvalue weighted by atomic mass is 19.1. The molecule has 0 heterocycles. The molecular formula is C7H16FN. The summed E-state index contributed by atoms with van der Waals surface area (Å²) in [5.74, 6) is 0. The van der Waals surface area contributed by atoms with Crippen LogP contribution in [0, 0.1) is 0 Å². The third-order valence-corrected chi connectivity index (χ3v) is 1.35. The minimum absolute atomic E-state index is 0.573. The Morgan fingerprint density at radius 1 is 1.56 bits per heavy atom. The molecule has 0 radical (unpaired) electrons. The molecule has 56 valence electrons. The number of hydrogen-bond donors (Lipinski definition) is 1. The Morgan fingerprint density at radius 2 is 2.00 bits per heavy atom. The summed E-state index contributed by atoms with van der Waals surface area (Å²) in [5.41, 5.74) is 4.83. The SMILES string of the molecule is CCCC(F)C(C)(C)N. The normalized spacial score (nSPS) is 15.7. The monoisotopic (exact) mass is 133 g/mol. The molecule has 1 atom stereocenters. The second kappa shape index (κ2) is 3.16. The Bertz CT molecular complexity index is 75.5. The molecule has 0 fully saturated rings. The lowest BCUT2D eigenvalue weighted by atomic mass is 9.97. The molecular weight excluding hydrogens is 117 g/mol. The van der Waals surface area contributed by atoms with Crippen molar-refractivity contribution in [2.24, 2.45) is 5.73 Å². The number of nitrogens with two attached hydrogens (primary N) is 1. The molecule has 0 aromatic heterocycles. The van der Waals surface area contributed by atoms with Crippen LogP contribution in [-0.2, 0) is 0 Å². The molecule has 0 aliphatic carbocycles. The predicted octanol–water partition coefficient (Wildman–Crippen LogP) is 1.86. The molecule has 2 heteroatoms. The molecule has 0 saturated heterocycles. The van der Waals surface area contributed by atoms with Crippen LogP contribution in [0.5, 0.6) is 0 Å². The molecule has 9 heavy (non-hydrogen) atoms. The molecule has 1 unspecified atom stereocenters. The summed E-state index contributed by atoms with van der Waals surface area (Å²) >= 11 is 0. The third kappa shape index (κ3) is 3.46. The summed E-state index contributed by atoms with van der Waals surface area (Å²) in [6.45, 7) is 5.39. The van der Waals surface area contributed by atoms with E-state index in [4.69, 9.17) is 5.73 Å². The van der Waals surface area contributed by atoms with Gasteiger partial charge in [-0.05, 0) is 20.3 Å². The van der Waals surface area contributed by atoms with E-state index in [1.54, 1.807) is 13.8 Å². The molecule has 0 aromatic rings. The lowest BCUT2D eigenvalue weighted by Gasteiger charge is -2.22. The van der Waals surface area contributed by atoms with Gasteiger partial charge in [-0.2, -0.15) is 0 Å². The van der Waals surface area contributed by atoms with Gasteiger partial charge < -0.3 is 5.73 Å². The highest BCUT2D eigenvalue weighted by Crippen LogP contribution is 2.14. The van der Waals surface area contributed by atoms with Crippen LogP contribution in [0.4, 0.5) is 4.39 Å². The number of alkyl halides is 1. The lowest BCUT2D eigenvalue weighted by Crippen LogP contribution is -2.42. The van der Waals surface area contributed by atoms with Gasteiger partial charge in [0.05, 0.1) is 0 Å². The van der Waals surface area contributed by atoms with Crippen LogP contribution in [0.25, 0.3) is 0 Å². The zero-order valence-electron chi connectivity index (χ0n) is 6.45. The van der Waals surface area contributed by atoms with Crippen molar-refractivity contribution in [2.75, 3.05) is 0 Å². The first-order valence-corrected chi connectivity index (χ1v) is 3.41. The van der Waals surface area contributed by atoms with E-state index in [0.29, 0.717) is 6.42 Å². The van der Waals surface area contributed by atoms with E-state index in [1.807, 2.05) is 6.92 Å². The molecule has 0 aromatic carbocycles. The minimum Gasteiger partial charge on any atom is -0.323 e. The third-order valence-electron chi connectivity index (χ3n) is 1.35. The second-order valence-electron chi connectivity index (χ2n) is 3.08. The maximum atomic E-state index is 12.8. The van der Waals surface area contributed by atoms with Crippen molar-refractivity contribution in [1.82, 2.24) is 0 Å². The van der Waals surface area contributed by atoms with E-state index in [-0.39, 0.29) is 0 Å². The molecule has 1 nitrogen and oxygen atoms in total. The summed E-state index contributed by atoms with van der Waals surface area (Å²) in [7, 11) is 0. The van der Waals surface area contributed by atoms with E-state index < -0.39 is 11.7 Å². The van der Waals surface area contributed by atoms with Gasteiger partial charge in [0, 0.05) is 5.54 Å². The standard InChI is InChI=1S/C7H16FN/c1-4-5-6(8)7(2,3)9/h6H,4-5,9H2,1-3H3. The average Bonchev–Trinajstić information content (AvgIpc) is 1.64. The van der Waals surface area contributed by atoms with Gasteiger partial charge in [-0.15, -0.1) is 0 Å². The Kier molecular flexibility index (Phi) is 3.12. The minimum atomic E-state index is -0.859. The van der Waals surface area contributed by atoms with Crippen molar-refractivity contribution >= 4 is 0 Å². The summed E-state index contributed by atoms with van der Waals surface area (Å²) in [5, 5.41) is 0. The first-order valence-electron chi connectivity index (χ1n) is 3.41. The number of halogens is 1. The lowest BCUT2D eigenvalue weighted by molar-refractivity contribution is 0.205. The van der Waals surface area contributed by atoms with Crippen molar-refractivity contribution in [3.05, 3.63) is 0 Å². The summed E-state index contributed by atoms with van der Waals surface area (Å²) in [4.78, 5) is 0. The molecule has 0 rings (SSSR count). The van der Waals surface area contributed by atoms with Crippen LogP contribution in [0.3, 0.4) is 0 Å². The van der Waals surface area contributed by atoms with Crippen LogP contribution >= 0.6 is 0 Å². The highest BCUT2D eigenvalue weighted by Gasteiger charge is 2.22. The van der Waals surface area contributed by atoms with Gasteiger partial charge in [0.1, 0.15) is 6.17 Å². The largest absolute Gasteiger partial charge is 0.323 e. The Hall–Kier alpha value is -0.110. The van der Waals surface area contributed by atoms with Crippen LogP contribution < -0.4 is 5.73 Å². The topological polar surface area (TPSA) is 26.0 Å². The summed E-state index contributed by atoms with van der Waals surface area (Å²) < 4.78 is 12.8. The van der Waals surface area contributed by atoms with Gasteiger partial charge >= 0.3 is 0 Å². The average molecular weight is 133 g/mol. The zero-order valence-corrected chi connectivity index (χ0v) is 6.45. The Balaban J connectivity index is 3.59. The maximum Gasteiger partial charge on any atom is 0.117 e. The highest BCUT2D eigenvalue weighted by molar-refractivity contribution is 4.81. The van der Waals surface area contributed by atoms with Gasteiger partial charge in [0.15, 0.2) is 0 Å². The van der Waals surface area contributed by atoms with Crippen LogP contribution in [-0.4, -0.2) is 11.7 Å². The molecule has 2 N–H and O–H groups in total. The quantitative estimate of drug-likeness (QED) is 0.624. The van der Waals surface area contributed by atoms with E-state index in [9.17, 15) is 4.39 Å². The smallest absolute Gasteiger partial charge is 0.117 e. The number of hydrogen-bond acceptors (Lipinski definition) is 1. The van der Waals surface area contributed by atoms with Crippen LogP contribution in [0.2, 0.25) is 0 Å². The van der Waals surface area contributed by atoms with Gasteiger partial charge in [-0.3, -0.25) is 0 Å². The molecule has 0 saturated carbocycles. The molecule has 0 aliphatic rings. The fourth-order valence-corrected chi connectivity index (χ4v) is 0.625.